The maximum atomic E-state index is 5.44. The molecule has 19 heavy (non-hydrogen) atoms. The van der Waals surface area contributed by atoms with E-state index in [-0.39, 0.29) is 6.10 Å². The lowest BCUT2D eigenvalue weighted by atomic mass is 10.2. The SMILES string of the molecule is CC(C)CNCc1ccc(OCCOC(C)C)nn1. The monoisotopic (exact) mass is 267 g/mol. The lowest BCUT2D eigenvalue weighted by Crippen LogP contribution is -2.19. The Morgan fingerprint density at radius 1 is 1.11 bits per heavy atom. The summed E-state index contributed by atoms with van der Waals surface area (Å²) in [5.41, 5.74) is 0.923. The Bertz CT molecular complexity index is 339. The Morgan fingerprint density at radius 2 is 1.89 bits per heavy atom. The van der Waals surface area contributed by atoms with E-state index in [0.29, 0.717) is 25.0 Å². The smallest absolute Gasteiger partial charge is 0.233 e. The Morgan fingerprint density at radius 3 is 2.47 bits per heavy atom. The first-order chi connectivity index (χ1) is 9.08. The van der Waals surface area contributed by atoms with Gasteiger partial charge in [0.15, 0.2) is 0 Å². The molecule has 0 atom stereocenters. The van der Waals surface area contributed by atoms with Crippen molar-refractivity contribution in [1.82, 2.24) is 15.5 Å². The standard InChI is InChI=1S/C14H25N3O2/c1-11(2)9-15-10-13-5-6-14(17-16-13)19-8-7-18-12(3)4/h5-6,11-12,15H,7-10H2,1-4H3. The van der Waals surface area contributed by atoms with Gasteiger partial charge in [-0.3, -0.25) is 0 Å². The van der Waals surface area contributed by atoms with Crippen LogP contribution in [0.5, 0.6) is 5.88 Å². The molecule has 0 aliphatic heterocycles. The topological polar surface area (TPSA) is 56.3 Å². The molecule has 1 heterocycles. The second kappa shape index (κ2) is 8.82. The second-order valence-corrected chi connectivity index (χ2v) is 5.16. The summed E-state index contributed by atoms with van der Waals surface area (Å²) in [6, 6.07) is 3.77. The van der Waals surface area contributed by atoms with E-state index in [2.05, 4.69) is 29.4 Å². The largest absolute Gasteiger partial charge is 0.474 e. The van der Waals surface area contributed by atoms with Gasteiger partial charge in [-0.15, -0.1) is 5.10 Å². The molecule has 0 radical (unpaired) electrons. The van der Waals surface area contributed by atoms with Crippen molar-refractivity contribution in [3.05, 3.63) is 17.8 Å². The van der Waals surface area contributed by atoms with Gasteiger partial charge in [0, 0.05) is 12.6 Å². The van der Waals surface area contributed by atoms with Crippen LogP contribution in [-0.4, -0.2) is 36.1 Å². The van der Waals surface area contributed by atoms with Crippen molar-refractivity contribution in [2.24, 2.45) is 5.92 Å². The van der Waals surface area contributed by atoms with E-state index in [1.807, 2.05) is 26.0 Å². The number of ether oxygens (including phenoxy) is 2. The molecule has 0 saturated carbocycles. The predicted molar refractivity (Wildman–Crippen MR) is 75.2 cm³/mol. The molecule has 0 amide bonds. The zero-order valence-corrected chi connectivity index (χ0v) is 12.3. The molecule has 0 aliphatic carbocycles. The second-order valence-electron chi connectivity index (χ2n) is 5.16. The van der Waals surface area contributed by atoms with Crippen LogP contribution in [0.3, 0.4) is 0 Å². The van der Waals surface area contributed by atoms with Gasteiger partial charge in [-0.1, -0.05) is 13.8 Å². The number of hydrogen-bond donors (Lipinski definition) is 1. The fourth-order valence-corrected chi connectivity index (χ4v) is 1.44. The summed E-state index contributed by atoms with van der Waals surface area (Å²) >= 11 is 0. The minimum absolute atomic E-state index is 0.226. The Labute approximate surface area is 115 Å². The summed E-state index contributed by atoms with van der Waals surface area (Å²) in [4.78, 5) is 0. The van der Waals surface area contributed by atoms with Gasteiger partial charge in [0.05, 0.1) is 18.4 Å². The van der Waals surface area contributed by atoms with Crippen LogP contribution < -0.4 is 10.1 Å². The number of aromatic nitrogens is 2. The molecule has 0 saturated heterocycles. The molecular weight excluding hydrogens is 242 g/mol. The maximum Gasteiger partial charge on any atom is 0.233 e. The molecule has 0 aliphatic rings. The van der Waals surface area contributed by atoms with Crippen molar-refractivity contribution >= 4 is 0 Å². The van der Waals surface area contributed by atoms with Crippen LogP contribution in [0.1, 0.15) is 33.4 Å². The van der Waals surface area contributed by atoms with Gasteiger partial charge >= 0.3 is 0 Å². The minimum atomic E-state index is 0.226. The summed E-state index contributed by atoms with van der Waals surface area (Å²) in [6.45, 7) is 11.1. The molecular formula is C14H25N3O2. The number of rotatable bonds is 9. The van der Waals surface area contributed by atoms with E-state index in [9.17, 15) is 0 Å². The van der Waals surface area contributed by atoms with Crippen molar-refractivity contribution < 1.29 is 9.47 Å². The van der Waals surface area contributed by atoms with Crippen LogP contribution in [0, 0.1) is 5.92 Å². The molecule has 5 nitrogen and oxygen atoms in total. The van der Waals surface area contributed by atoms with E-state index in [0.717, 1.165) is 18.8 Å². The van der Waals surface area contributed by atoms with Crippen LogP contribution in [0.2, 0.25) is 0 Å². The first kappa shape index (κ1) is 15.9. The molecule has 1 rings (SSSR count). The molecule has 1 aromatic rings. The van der Waals surface area contributed by atoms with E-state index >= 15 is 0 Å². The van der Waals surface area contributed by atoms with E-state index in [1.54, 1.807) is 0 Å². The molecule has 5 heteroatoms. The maximum absolute atomic E-state index is 5.44. The summed E-state index contributed by atoms with van der Waals surface area (Å²) in [5.74, 6) is 1.18. The lowest BCUT2D eigenvalue weighted by molar-refractivity contribution is 0.0540. The third-order valence-corrected chi connectivity index (χ3v) is 2.34. The number of nitrogens with one attached hydrogen (secondary N) is 1. The van der Waals surface area contributed by atoms with Gasteiger partial charge in [0.1, 0.15) is 6.61 Å². The van der Waals surface area contributed by atoms with Crippen LogP contribution in [0.4, 0.5) is 0 Å². The van der Waals surface area contributed by atoms with Gasteiger partial charge in [0.2, 0.25) is 5.88 Å². The number of nitrogens with zero attached hydrogens (tertiary/aromatic N) is 2. The van der Waals surface area contributed by atoms with E-state index < -0.39 is 0 Å². The van der Waals surface area contributed by atoms with Crippen molar-refractivity contribution in [3.8, 4) is 5.88 Å². The van der Waals surface area contributed by atoms with Gasteiger partial charge in [-0.25, -0.2) is 0 Å². The minimum Gasteiger partial charge on any atom is -0.474 e. The summed E-state index contributed by atoms with van der Waals surface area (Å²) in [6.07, 6.45) is 0.226. The first-order valence-electron chi connectivity index (χ1n) is 6.85. The molecule has 0 fully saturated rings. The van der Waals surface area contributed by atoms with Crippen LogP contribution in [0.25, 0.3) is 0 Å². The van der Waals surface area contributed by atoms with Crippen molar-refractivity contribution in [2.75, 3.05) is 19.8 Å². The third kappa shape index (κ3) is 7.74. The van der Waals surface area contributed by atoms with Crippen molar-refractivity contribution in [2.45, 2.75) is 40.3 Å². The quantitative estimate of drug-likeness (QED) is 0.694. The zero-order chi connectivity index (χ0) is 14.1. The fraction of sp³-hybridized carbons (Fsp3) is 0.714. The predicted octanol–water partition coefficient (Wildman–Crippen LogP) is 2.03. The molecule has 0 bridgehead atoms. The first-order valence-corrected chi connectivity index (χ1v) is 6.85. The molecule has 1 aromatic heterocycles. The van der Waals surface area contributed by atoms with Gasteiger partial charge in [0.25, 0.3) is 0 Å². The fourth-order valence-electron chi connectivity index (χ4n) is 1.44. The molecule has 0 aromatic carbocycles. The molecule has 0 spiro atoms. The van der Waals surface area contributed by atoms with E-state index in [4.69, 9.17) is 9.47 Å². The van der Waals surface area contributed by atoms with Gasteiger partial charge < -0.3 is 14.8 Å². The van der Waals surface area contributed by atoms with Gasteiger partial charge in [-0.05, 0) is 32.4 Å². The highest BCUT2D eigenvalue weighted by molar-refractivity contribution is 5.11. The van der Waals surface area contributed by atoms with Crippen molar-refractivity contribution in [1.29, 1.82) is 0 Å². The highest BCUT2D eigenvalue weighted by Gasteiger charge is 2.00. The highest BCUT2D eigenvalue weighted by atomic mass is 16.5. The number of hydrogen-bond acceptors (Lipinski definition) is 5. The molecule has 0 unspecified atom stereocenters. The third-order valence-electron chi connectivity index (χ3n) is 2.34. The Kier molecular flexibility index (Phi) is 7.36. The normalized spacial score (nSPS) is 11.3. The Balaban J connectivity index is 2.23. The van der Waals surface area contributed by atoms with Crippen molar-refractivity contribution in [3.63, 3.8) is 0 Å². The summed E-state index contributed by atoms with van der Waals surface area (Å²) in [7, 11) is 0. The van der Waals surface area contributed by atoms with Crippen LogP contribution in [0.15, 0.2) is 12.1 Å². The average Bonchev–Trinajstić information content (AvgIpc) is 2.36. The Hall–Kier alpha value is -1.20. The van der Waals surface area contributed by atoms with E-state index in [1.165, 1.54) is 0 Å². The van der Waals surface area contributed by atoms with Gasteiger partial charge in [-0.2, -0.15) is 5.10 Å². The lowest BCUT2D eigenvalue weighted by Gasteiger charge is -2.09. The highest BCUT2D eigenvalue weighted by Crippen LogP contribution is 2.05. The average molecular weight is 267 g/mol. The van der Waals surface area contributed by atoms with Crippen LogP contribution in [-0.2, 0) is 11.3 Å². The zero-order valence-electron chi connectivity index (χ0n) is 12.3. The summed E-state index contributed by atoms with van der Waals surface area (Å²) in [5, 5.41) is 11.5. The summed E-state index contributed by atoms with van der Waals surface area (Å²) < 4.78 is 10.8. The molecule has 1 N–H and O–H groups in total. The molecule has 108 valence electrons. The van der Waals surface area contributed by atoms with Crippen LogP contribution >= 0.6 is 0 Å².